The highest BCUT2D eigenvalue weighted by molar-refractivity contribution is 7.59. The molecule has 0 rings (SSSR count). The lowest BCUT2D eigenvalue weighted by atomic mass is 10.9. The first kappa shape index (κ1) is 48.1. The van der Waals surface area contributed by atoms with Gasteiger partial charge in [-0.25, -0.2) is 0 Å². The molecule has 0 spiro atoms. The minimum atomic E-state index is -2.27. The molecule has 0 aliphatic rings. The van der Waals surface area contributed by atoms with Crippen LogP contribution in [0.15, 0.2) is 0 Å². The van der Waals surface area contributed by atoms with Crippen molar-refractivity contribution in [2.45, 2.75) is 67.5 Å². The van der Waals surface area contributed by atoms with E-state index < -0.39 is 17.6 Å². The molecule has 7 nitrogen and oxygen atoms in total. The molecular formula is C16H51NO6S4Si2. The van der Waals surface area contributed by atoms with Crippen LogP contribution in [-0.4, -0.2) is 57.3 Å². The standard InChI is InChI=1S/2C8H20O3Si.H3N.4H2S/c2*1-5-9-12(8-4,10-6-2)11-7-3;;;;;/h2*5-8H2,1-4H3;1H3;4*1H2. The number of hydrogen-bond donors (Lipinski definition) is 1. The van der Waals surface area contributed by atoms with Gasteiger partial charge >= 0.3 is 17.6 Å². The van der Waals surface area contributed by atoms with Gasteiger partial charge < -0.3 is 32.7 Å². The van der Waals surface area contributed by atoms with Crippen molar-refractivity contribution in [2.24, 2.45) is 0 Å². The molecule has 0 aromatic heterocycles. The third kappa shape index (κ3) is 22.5. The summed E-state index contributed by atoms with van der Waals surface area (Å²) in [6, 6.07) is 1.70. The Kier molecular flexibility index (Phi) is 52.6. The summed E-state index contributed by atoms with van der Waals surface area (Å²) in [6.45, 7) is 19.9. The number of hydrogen-bond acceptors (Lipinski definition) is 7. The Balaban J connectivity index is -0.0000000569. The highest BCUT2D eigenvalue weighted by Crippen LogP contribution is 2.15. The van der Waals surface area contributed by atoms with Crippen molar-refractivity contribution in [3.8, 4) is 0 Å². The molecule has 0 amide bonds. The zero-order chi connectivity index (χ0) is 18.9. The summed E-state index contributed by atoms with van der Waals surface area (Å²) < 4.78 is 33.3. The molecule has 0 atom stereocenters. The molecule has 0 aromatic carbocycles. The summed E-state index contributed by atoms with van der Waals surface area (Å²) >= 11 is 0. The van der Waals surface area contributed by atoms with Crippen molar-refractivity contribution in [3.63, 3.8) is 0 Å². The van der Waals surface area contributed by atoms with Gasteiger partial charge in [0.05, 0.1) is 0 Å². The molecular weight excluding hydrogens is 487 g/mol. The average molecular weight is 538 g/mol. The largest absolute Gasteiger partial charge is 0.500 e. The molecule has 188 valence electrons. The van der Waals surface area contributed by atoms with Gasteiger partial charge in [-0.3, -0.25) is 0 Å². The summed E-state index contributed by atoms with van der Waals surface area (Å²) in [4.78, 5) is 0. The van der Waals surface area contributed by atoms with Gasteiger partial charge in [-0.15, -0.1) is 0 Å². The van der Waals surface area contributed by atoms with E-state index in [9.17, 15) is 0 Å². The van der Waals surface area contributed by atoms with Crippen LogP contribution in [0.1, 0.15) is 55.4 Å². The maximum Gasteiger partial charge on any atom is 0.500 e. The molecule has 0 radical (unpaired) electrons. The fraction of sp³-hybridized carbons (Fsp3) is 1.00. The molecule has 0 aromatic rings. The highest BCUT2D eigenvalue weighted by atomic mass is 32.1. The van der Waals surface area contributed by atoms with E-state index in [0.717, 1.165) is 12.1 Å². The zero-order valence-electron chi connectivity index (χ0n) is 19.8. The topological polar surface area (TPSA) is 90.4 Å². The molecule has 0 heterocycles. The summed E-state index contributed by atoms with van der Waals surface area (Å²) in [5.41, 5.74) is 0. The molecule has 3 N–H and O–H groups in total. The third-order valence-electron chi connectivity index (χ3n) is 3.05. The van der Waals surface area contributed by atoms with Gasteiger partial charge in [0.1, 0.15) is 0 Å². The van der Waals surface area contributed by atoms with E-state index in [4.69, 9.17) is 26.6 Å². The molecule has 0 aliphatic heterocycles. The van der Waals surface area contributed by atoms with Crippen molar-refractivity contribution >= 4 is 71.6 Å². The van der Waals surface area contributed by atoms with E-state index in [1.165, 1.54) is 0 Å². The summed E-state index contributed by atoms with van der Waals surface area (Å²) in [5, 5.41) is 0. The van der Waals surface area contributed by atoms with Crippen LogP contribution >= 0.6 is 54.0 Å². The molecule has 0 bridgehead atoms. The van der Waals surface area contributed by atoms with Gasteiger partial charge in [0.2, 0.25) is 0 Å². The van der Waals surface area contributed by atoms with Gasteiger partial charge in [-0.1, -0.05) is 13.8 Å². The van der Waals surface area contributed by atoms with Crippen LogP contribution in [-0.2, 0) is 26.6 Å². The fourth-order valence-corrected chi connectivity index (χ4v) is 6.55. The van der Waals surface area contributed by atoms with Crippen molar-refractivity contribution in [3.05, 3.63) is 0 Å². The maximum absolute atomic E-state index is 5.55. The second kappa shape index (κ2) is 31.7. The van der Waals surface area contributed by atoms with Crippen LogP contribution in [0.25, 0.3) is 0 Å². The maximum atomic E-state index is 5.55. The Bertz CT molecular complexity index is 232. The monoisotopic (exact) mass is 537 g/mol. The smallest absolute Gasteiger partial charge is 0.374 e. The Labute approximate surface area is 210 Å². The van der Waals surface area contributed by atoms with Crippen LogP contribution in [0.3, 0.4) is 0 Å². The van der Waals surface area contributed by atoms with E-state index in [2.05, 4.69) is 0 Å². The number of rotatable bonds is 14. The molecule has 0 saturated heterocycles. The first-order valence-corrected chi connectivity index (χ1v) is 13.2. The highest BCUT2D eigenvalue weighted by Gasteiger charge is 2.38. The van der Waals surface area contributed by atoms with Crippen LogP contribution in [0.4, 0.5) is 0 Å². The second-order valence-corrected chi connectivity index (χ2v) is 10.5. The minimum Gasteiger partial charge on any atom is -0.374 e. The average Bonchev–Trinajstić information content (AvgIpc) is 2.56. The Morgan fingerprint density at radius 2 is 0.517 bits per heavy atom. The summed E-state index contributed by atoms with van der Waals surface area (Å²) in [5.74, 6) is 0. The lowest BCUT2D eigenvalue weighted by Gasteiger charge is -2.26. The Morgan fingerprint density at radius 1 is 0.379 bits per heavy atom. The van der Waals surface area contributed by atoms with E-state index >= 15 is 0 Å². The lowest BCUT2D eigenvalue weighted by molar-refractivity contribution is 0.0718. The second-order valence-electron chi connectivity index (χ2n) is 4.67. The van der Waals surface area contributed by atoms with E-state index in [0.29, 0.717) is 39.6 Å². The van der Waals surface area contributed by atoms with E-state index in [1.807, 2.05) is 55.4 Å². The van der Waals surface area contributed by atoms with Gasteiger partial charge in [0.15, 0.2) is 0 Å². The Hall–Kier alpha value is 1.55. The SMILES string of the molecule is CCO[Si](CC)(OCC)OCC.CCO[Si](CC)(OCC)OCC.N.S.S.S.S. The van der Waals surface area contributed by atoms with Gasteiger partial charge in [0.25, 0.3) is 0 Å². The fourth-order valence-electron chi connectivity index (χ4n) is 2.18. The van der Waals surface area contributed by atoms with Crippen LogP contribution in [0, 0.1) is 0 Å². The van der Waals surface area contributed by atoms with Crippen LogP contribution in [0.2, 0.25) is 12.1 Å². The van der Waals surface area contributed by atoms with Gasteiger partial charge in [-0.05, 0) is 41.5 Å². The van der Waals surface area contributed by atoms with Crippen LogP contribution < -0.4 is 6.15 Å². The van der Waals surface area contributed by atoms with Gasteiger partial charge in [0, 0.05) is 51.7 Å². The Morgan fingerprint density at radius 3 is 0.586 bits per heavy atom. The van der Waals surface area contributed by atoms with E-state index in [1.54, 1.807) is 0 Å². The van der Waals surface area contributed by atoms with E-state index in [-0.39, 0.29) is 60.1 Å². The third-order valence-corrected chi connectivity index (χ3v) is 9.15. The predicted molar refractivity (Wildman–Crippen MR) is 149 cm³/mol. The molecule has 0 unspecified atom stereocenters. The van der Waals surface area contributed by atoms with Crippen LogP contribution in [0.5, 0.6) is 0 Å². The molecule has 13 heteroatoms. The molecule has 29 heavy (non-hydrogen) atoms. The van der Waals surface area contributed by atoms with Crippen molar-refractivity contribution in [2.75, 3.05) is 39.6 Å². The van der Waals surface area contributed by atoms with Crippen molar-refractivity contribution in [1.82, 2.24) is 6.15 Å². The minimum absolute atomic E-state index is 0. The first-order chi connectivity index (χ1) is 11.5. The zero-order valence-corrected chi connectivity index (χ0v) is 25.8. The summed E-state index contributed by atoms with van der Waals surface area (Å²) in [6.07, 6.45) is 0. The predicted octanol–water partition coefficient (Wildman–Crippen LogP) is 4.72. The molecule has 0 fully saturated rings. The molecule has 0 saturated carbocycles. The normalized spacial score (nSPS) is 9.93. The van der Waals surface area contributed by atoms with Gasteiger partial charge in [-0.2, -0.15) is 54.0 Å². The van der Waals surface area contributed by atoms with Crippen molar-refractivity contribution in [1.29, 1.82) is 0 Å². The molecule has 0 aliphatic carbocycles. The quantitative estimate of drug-likeness (QED) is 0.321. The van der Waals surface area contributed by atoms with Crippen molar-refractivity contribution < 1.29 is 26.6 Å². The summed E-state index contributed by atoms with van der Waals surface area (Å²) in [7, 11) is -4.54. The lowest BCUT2D eigenvalue weighted by Crippen LogP contribution is -2.45. The first-order valence-electron chi connectivity index (χ1n) is 9.32.